The normalized spacial score (nSPS) is 24.3. The Morgan fingerprint density at radius 1 is 1.06 bits per heavy atom. The molecule has 3 aliphatic heterocycles. The van der Waals surface area contributed by atoms with E-state index >= 15 is 0 Å². The average Bonchev–Trinajstić information content (AvgIpc) is 3.65. The number of carbonyl (C=O) groups excluding carboxylic acids is 1. The second-order valence-corrected chi connectivity index (χ2v) is 8.71. The molecule has 0 bridgehead atoms. The van der Waals surface area contributed by atoms with Crippen LogP contribution in [0.15, 0.2) is 42.5 Å². The quantitative estimate of drug-likeness (QED) is 0.554. The van der Waals surface area contributed by atoms with Gasteiger partial charge in [0.15, 0.2) is 11.5 Å². The number of tetrazole rings is 1. The van der Waals surface area contributed by atoms with Crippen LogP contribution in [0.25, 0.3) is 0 Å². The standard InChI is InChI=1S/C23H24N6O6/c1-28(2)14-5-3-13(4-6-14)22(30)24-16-10-31-21-17(11-32-20(16)21)29-23(25-26-27-29)35-15-7-8-18-19(9-15)34-12-33-18/h3-9,16-17,20-21H,10-12H2,1-2H3,(H,24,30)/t16-,17-,20+,21+/m0/s1. The van der Waals surface area contributed by atoms with Crippen molar-refractivity contribution in [2.24, 2.45) is 0 Å². The molecular formula is C23H24N6O6. The maximum atomic E-state index is 12.8. The molecule has 0 unspecified atom stereocenters. The van der Waals surface area contributed by atoms with Gasteiger partial charge in [-0.25, -0.2) is 0 Å². The van der Waals surface area contributed by atoms with Crippen LogP contribution in [-0.2, 0) is 9.47 Å². The first-order valence-electron chi connectivity index (χ1n) is 11.2. The third-order valence-electron chi connectivity index (χ3n) is 6.32. The molecule has 35 heavy (non-hydrogen) atoms. The minimum Gasteiger partial charge on any atom is -0.454 e. The molecular weight excluding hydrogens is 456 g/mol. The number of benzene rings is 2. The van der Waals surface area contributed by atoms with E-state index in [0.29, 0.717) is 36.0 Å². The van der Waals surface area contributed by atoms with Crippen LogP contribution in [0, 0.1) is 0 Å². The number of nitrogens with one attached hydrogen (secondary N) is 1. The minimum atomic E-state index is -0.334. The van der Waals surface area contributed by atoms with Crippen LogP contribution < -0.4 is 24.4 Å². The molecule has 12 nitrogen and oxygen atoms in total. The Labute approximate surface area is 200 Å². The van der Waals surface area contributed by atoms with Crippen molar-refractivity contribution in [3.63, 3.8) is 0 Å². The van der Waals surface area contributed by atoms with Gasteiger partial charge in [0.1, 0.15) is 24.0 Å². The fraction of sp³-hybridized carbons (Fsp3) is 0.391. The topological polar surface area (TPSA) is 122 Å². The number of aromatic nitrogens is 4. The maximum absolute atomic E-state index is 12.8. The zero-order valence-electron chi connectivity index (χ0n) is 19.2. The first kappa shape index (κ1) is 21.6. The molecule has 0 spiro atoms. The number of nitrogens with zero attached hydrogens (tertiary/aromatic N) is 5. The molecule has 0 saturated carbocycles. The first-order valence-corrected chi connectivity index (χ1v) is 11.2. The molecule has 3 aliphatic rings. The SMILES string of the molecule is CN(C)c1ccc(C(=O)N[C@H]2CO[C@H]3[C@@H]2OC[C@@H]3n2nnnc2Oc2ccc3c(c2)OCO3)cc1. The van der Waals surface area contributed by atoms with E-state index in [1.807, 2.05) is 31.1 Å². The molecule has 3 aromatic rings. The number of ether oxygens (including phenoxy) is 5. The second-order valence-electron chi connectivity index (χ2n) is 8.71. The minimum absolute atomic E-state index is 0.175. The summed E-state index contributed by atoms with van der Waals surface area (Å²) in [6.45, 7) is 0.824. The van der Waals surface area contributed by atoms with Crippen molar-refractivity contribution >= 4 is 11.6 Å². The summed E-state index contributed by atoms with van der Waals surface area (Å²) in [7, 11) is 3.91. The lowest BCUT2D eigenvalue weighted by Gasteiger charge is -2.18. The molecule has 12 heteroatoms. The van der Waals surface area contributed by atoms with Crippen LogP contribution in [0.3, 0.4) is 0 Å². The summed E-state index contributed by atoms with van der Waals surface area (Å²) < 4.78 is 30.3. The number of carbonyl (C=O) groups is 1. The third-order valence-corrected chi connectivity index (χ3v) is 6.32. The number of fused-ring (bicyclic) bond motifs is 2. The van der Waals surface area contributed by atoms with Crippen LogP contribution >= 0.6 is 0 Å². The van der Waals surface area contributed by atoms with E-state index in [-0.39, 0.29) is 43.0 Å². The zero-order chi connectivity index (χ0) is 23.9. The highest BCUT2D eigenvalue weighted by molar-refractivity contribution is 5.94. The Balaban J connectivity index is 1.13. The lowest BCUT2D eigenvalue weighted by atomic mass is 10.1. The van der Waals surface area contributed by atoms with Crippen LogP contribution in [0.2, 0.25) is 0 Å². The van der Waals surface area contributed by atoms with Gasteiger partial charge >= 0.3 is 6.01 Å². The van der Waals surface area contributed by atoms with Gasteiger partial charge in [-0.15, -0.1) is 0 Å². The Morgan fingerprint density at radius 2 is 1.86 bits per heavy atom. The Kier molecular flexibility index (Phi) is 5.38. The molecule has 6 rings (SSSR count). The fourth-order valence-corrected chi connectivity index (χ4v) is 4.48. The van der Waals surface area contributed by atoms with Gasteiger partial charge in [-0.3, -0.25) is 4.79 Å². The van der Waals surface area contributed by atoms with Crippen molar-refractivity contribution in [3.05, 3.63) is 48.0 Å². The summed E-state index contributed by atoms with van der Waals surface area (Å²) in [5, 5.41) is 14.9. The van der Waals surface area contributed by atoms with E-state index in [0.717, 1.165) is 5.69 Å². The number of anilines is 1. The molecule has 2 saturated heterocycles. The van der Waals surface area contributed by atoms with Gasteiger partial charge in [-0.05, 0) is 46.8 Å². The van der Waals surface area contributed by atoms with Gasteiger partial charge in [0.25, 0.3) is 5.91 Å². The van der Waals surface area contributed by atoms with Gasteiger partial charge in [0, 0.05) is 31.4 Å². The molecule has 4 atom stereocenters. The molecule has 4 heterocycles. The molecule has 0 radical (unpaired) electrons. The van der Waals surface area contributed by atoms with Gasteiger partial charge in [0.2, 0.25) is 6.79 Å². The average molecular weight is 480 g/mol. The van der Waals surface area contributed by atoms with Crippen molar-refractivity contribution in [2.45, 2.75) is 24.3 Å². The van der Waals surface area contributed by atoms with E-state index in [4.69, 9.17) is 23.7 Å². The number of hydrogen-bond donors (Lipinski definition) is 1. The van der Waals surface area contributed by atoms with Crippen LogP contribution in [-0.4, -0.2) is 78.5 Å². The molecule has 2 fully saturated rings. The van der Waals surface area contributed by atoms with Crippen molar-refractivity contribution in [1.29, 1.82) is 0 Å². The lowest BCUT2D eigenvalue weighted by Crippen LogP contribution is -2.44. The van der Waals surface area contributed by atoms with Gasteiger partial charge in [0.05, 0.1) is 19.3 Å². The smallest absolute Gasteiger partial charge is 0.341 e. The van der Waals surface area contributed by atoms with E-state index in [2.05, 4.69) is 20.8 Å². The first-order chi connectivity index (χ1) is 17.1. The van der Waals surface area contributed by atoms with E-state index < -0.39 is 0 Å². The maximum Gasteiger partial charge on any atom is 0.341 e. The van der Waals surface area contributed by atoms with Crippen molar-refractivity contribution in [1.82, 2.24) is 25.5 Å². The Morgan fingerprint density at radius 3 is 2.69 bits per heavy atom. The molecule has 1 aromatic heterocycles. The third kappa shape index (κ3) is 4.00. The summed E-state index contributed by atoms with van der Waals surface area (Å²) in [5.74, 6) is 1.59. The molecule has 1 amide bonds. The summed E-state index contributed by atoms with van der Waals surface area (Å²) >= 11 is 0. The predicted molar refractivity (Wildman–Crippen MR) is 121 cm³/mol. The van der Waals surface area contributed by atoms with Gasteiger partial charge in [-0.1, -0.05) is 5.10 Å². The second kappa shape index (κ2) is 8.71. The Bertz CT molecular complexity index is 1230. The monoisotopic (exact) mass is 480 g/mol. The van der Waals surface area contributed by atoms with Crippen molar-refractivity contribution < 1.29 is 28.5 Å². The number of amides is 1. The summed E-state index contributed by atoms with van der Waals surface area (Å²) in [6.07, 6.45) is -0.661. The molecule has 0 aliphatic carbocycles. The summed E-state index contributed by atoms with van der Waals surface area (Å²) in [4.78, 5) is 14.8. The van der Waals surface area contributed by atoms with Crippen molar-refractivity contribution in [2.75, 3.05) is 39.0 Å². The van der Waals surface area contributed by atoms with Crippen molar-refractivity contribution in [3.8, 4) is 23.3 Å². The lowest BCUT2D eigenvalue weighted by molar-refractivity contribution is 0.0606. The van der Waals surface area contributed by atoms with E-state index in [1.165, 1.54) is 0 Å². The van der Waals surface area contributed by atoms with E-state index in [1.54, 1.807) is 35.0 Å². The van der Waals surface area contributed by atoms with Crippen LogP contribution in [0.1, 0.15) is 16.4 Å². The van der Waals surface area contributed by atoms with Gasteiger partial charge < -0.3 is 33.9 Å². The largest absolute Gasteiger partial charge is 0.454 e. The summed E-state index contributed by atoms with van der Waals surface area (Å²) in [5.41, 5.74) is 1.60. The van der Waals surface area contributed by atoms with Crippen LogP contribution in [0.4, 0.5) is 5.69 Å². The summed E-state index contributed by atoms with van der Waals surface area (Å²) in [6, 6.07) is 12.3. The fourth-order valence-electron chi connectivity index (χ4n) is 4.48. The molecule has 1 N–H and O–H groups in total. The highest BCUT2D eigenvalue weighted by Crippen LogP contribution is 2.38. The highest BCUT2D eigenvalue weighted by Gasteiger charge is 2.50. The number of hydrogen-bond acceptors (Lipinski definition) is 10. The van der Waals surface area contributed by atoms with E-state index in [9.17, 15) is 4.79 Å². The Hall–Kier alpha value is -3.90. The number of rotatable bonds is 6. The predicted octanol–water partition coefficient (Wildman–Crippen LogP) is 1.40. The van der Waals surface area contributed by atoms with Gasteiger partial charge in [-0.2, -0.15) is 4.68 Å². The highest BCUT2D eigenvalue weighted by atomic mass is 16.7. The van der Waals surface area contributed by atoms with Crippen LogP contribution in [0.5, 0.6) is 23.3 Å². The molecule has 2 aromatic carbocycles. The zero-order valence-corrected chi connectivity index (χ0v) is 19.2. The molecule has 182 valence electrons.